The molecule has 132 valence electrons. The molecule has 1 amide bonds. The zero-order valence-corrected chi connectivity index (χ0v) is 15.2. The first-order valence-electron chi connectivity index (χ1n) is 8.49. The van der Waals surface area contributed by atoms with Gasteiger partial charge >= 0.3 is 5.97 Å². The predicted octanol–water partition coefficient (Wildman–Crippen LogP) is 4.37. The average molecular weight is 339 g/mol. The second-order valence-electron chi connectivity index (χ2n) is 6.46. The number of anilines is 1. The van der Waals surface area contributed by atoms with Crippen molar-refractivity contribution in [2.75, 3.05) is 5.32 Å². The van der Waals surface area contributed by atoms with Crippen LogP contribution in [0.2, 0.25) is 0 Å². The molecule has 0 unspecified atom stereocenters. The largest absolute Gasteiger partial charge is 0.453 e. The number of amides is 1. The highest BCUT2D eigenvalue weighted by Gasteiger charge is 2.20. The molecule has 0 aliphatic rings. The summed E-state index contributed by atoms with van der Waals surface area (Å²) in [6.07, 6.45) is -0.596. The molecule has 4 nitrogen and oxygen atoms in total. The first-order valence-corrected chi connectivity index (χ1v) is 8.49. The number of benzene rings is 2. The van der Waals surface area contributed by atoms with Crippen LogP contribution in [0, 0.1) is 13.8 Å². The molecule has 0 fully saturated rings. The van der Waals surface area contributed by atoms with Crippen LogP contribution in [0.4, 0.5) is 5.69 Å². The summed E-state index contributed by atoms with van der Waals surface area (Å²) < 4.78 is 5.30. The summed E-state index contributed by atoms with van der Waals surface area (Å²) in [5.74, 6) is -0.655. The molecule has 0 aliphatic heterocycles. The van der Waals surface area contributed by atoms with Gasteiger partial charge in [-0.15, -0.1) is 0 Å². The van der Waals surface area contributed by atoms with Crippen LogP contribution < -0.4 is 5.32 Å². The summed E-state index contributed by atoms with van der Waals surface area (Å²) in [6, 6.07) is 15.6. The lowest BCUT2D eigenvalue weighted by atomic mass is 9.98. The maximum absolute atomic E-state index is 12.3. The highest BCUT2D eigenvalue weighted by atomic mass is 16.5. The predicted molar refractivity (Wildman–Crippen MR) is 99.6 cm³/mol. The Bertz CT molecular complexity index is 740. The number of esters is 1. The number of nitrogens with one attached hydrogen (secondary N) is 1. The van der Waals surface area contributed by atoms with Gasteiger partial charge in [0, 0.05) is 5.69 Å². The molecule has 0 bridgehead atoms. The monoisotopic (exact) mass is 339 g/mol. The average Bonchev–Trinajstić information content (AvgIpc) is 2.58. The first-order chi connectivity index (χ1) is 11.9. The fraction of sp³-hybridized carbons (Fsp3) is 0.333. The molecule has 0 saturated heterocycles. The Morgan fingerprint density at radius 3 is 2.40 bits per heavy atom. The molecule has 0 heterocycles. The lowest BCUT2D eigenvalue weighted by Crippen LogP contribution is -2.30. The van der Waals surface area contributed by atoms with E-state index in [1.807, 2.05) is 69.3 Å². The molecule has 2 rings (SSSR count). The van der Waals surface area contributed by atoms with Crippen molar-refractivity contribution in [2.45, 2.75) is 46.1 Å². The van der Waals surface area contributed by atoms with E-state index in [4.69, 9.17) is 4.74 Å². The molecule has 4 heteroatoms. The Morgan fingerprint density at radius 2 is 1.72 bits per heavy atom. The summed E-state index contributed by atoms with van der Waals surface area (Å²) in [7, 11) is 0. The van der Waals surface area contributed by atoms with Crippen LogP contribution in [0.15, 0.2) is 48.5 Å². The van der Waals surface area contributed by atoms with Crippen molar-refractivity contribution in [3.05, 3.63) is 65.2 Å². The van der Waals surface area contributed by atoms with Crippen molar-refractivity contribution in [3.63, 3.8) is 0 Å². The zero-order valence-electron chi connectivity index (χ0n) is 15.2. The van der Waals surface area contributed by atoms with E-state index >= 15 is 0 Å². The second-order valence-corrected chi connectivity index (χ2v) is 6.46. The van der Waals surface area contributed by atoms with Crippen LogP contribution in [0.3, 0.4) is 0 Å². The van der Waals surface area contributed by atoms with E-state index in [1.54, 1.807) is 6.92 Å². The smallest absolute Gasteiger partial charge is 0.307 e. The molecular weight excluding hydrogens is 314 g/mol. The molecular formula is C21H25NO3. The van der Waals surface area contributed by atoms with Crippen molar-refractivity contribution in [2.24, 2.45) is 0 Å². The van der Waals surface area contributed by atoms with Crippen LogP contribution in [-0.2, 0) is 14.3 Å². The molecule has 0 aromatic heterocycles. The number of hydrogen-bond acceptors (Lipinski definition) is 3. The molecule has 2 atom stereocenters. The minimum atomic E-state index is -0.838. The van der Waals surface area contributed by atoms with Gasteiger partial charge in [-0.1, -0.05) is 49.4 Å². The summed E-state index contributed by atoms with van der Waals surface area (Å²) in [5, 5.41) is 2.83. The number of ether oxygens (including phenoxy) is 1. The van der Waals surface area contributed by atoms with Gasteiger partial charge < -0.3 is 10.1 Å². The summed E-state index contributed by atoms with van der Waals surface area (Å²) in [5.41, 5.74) is 3.84. The van der Waals surface area contributed by atoms with Gasteiger partial charge in [-0.3, -0.25) is 9.59 Å². The Labute approximate surface area is 149 Å². The van der Waals surface area contributed by atoms with E-state index in [1.165, 1.54) is 0 Å². The molecule has 0 aliphatic carbocycles. The molecule has 25 heavy (non-hydrogen) atoms. The van der Waals surface area contributed by atoms with Crippen LogP contribution in [0.5, 0.6) is 0 Å². The van der Waals surface area contributed by atoms with Gasteiger partial charge in [-0.2, -0.15) is 0 Å². The molecule has 2 aromatic rings. The maximum atomic E-state index is 12.3. The Balaban J connectivity index is 1.90. The molecule has 1 N–H and O–H groups in total. The van der Waals surface area contributed by atoms with E-state index in [2.05, 4.69) is 5.32 Å². The zero-order chi connectivity index (χ0) is 18.4. The molecule has 2 aromatic carbocycles. The highest BCUT2D eigenvalue weighted by molar-refractivity contribution is 5.95. The van der Waals surface area contributed by atoms with Crippen molar-refractivity contribution >= 4 is 17.6 Å². The lowest BCUT2D eigenvalue weighted by molar-refractivity contribution is -0.153. The van der Waals surface area contributed by atoms with Gasteiger partial charge in [0.2, 0.25) is 0 Å². The lowest BCUT2D eigenvalue weighted by Gasteiger charge is -2.17. The van der Waals surface area contributed by atoms with Crippen LogP contribution in [0.25, 0.3) is 0 Å². The minimum Gasteiger partial charge on any atom is -0.453 e. The van der Waals surface area contributed by atoms with Crippen molar-refractivity contribution in [1.29, 1.82) is 0 Å². The standard InChI is InChI=1S/C21H25NO3/c1-14-10-11-15(2)19(12-14)22-21(24)17(4)25-20(23)13-16(3)18-8-6-5-7-9-18/h5-12,16-17H,13H2,1-4H3,(H,22,24)/t16-,17-/m0/s1. The van der Waals surface area contributed by atoms with E-state index in [0.717, 1.165) is 22.4 Å². The minimum absolute atomic E-state index is 0.0444. The fourth-order valence-corrected chi connectivity index (χ4v) is 2.55. The highest BCUT2D eigenvalue weighted by Crippen LogP contribution is 2.20. The SMILES string of the molecule is Cc1ccc(C)c(NC(=O)[C@H](C)OC(=O)C[C@H](C)c2ccccc2)c1. The fourth-order valence-electron chi connectivity index (χ4n) is 2.55. The number of hydrogen-bond donors (Lipinski definition) is 1. The van der Waals surface area contributed by atoms with E-state index in [9.17, 15) is 9.59 Å². The van der Waals surface area contributed by atoms with Crippen molar-refractivity contribution in [1.82, 2.24) is 0 Å². The number of carbonyl (C=O) groups is 2. The Hall–Kier alpha value is -2.62. The van der Waals surface area contributed by atoms with Crippen LogP contribution in [0.1, 0.15) is 42.9 Å². The van der Waals surface area contributed by atoms with Crippen LogP contribution in [-0.4, -0.2) is 18.0 Å². The normalized spacial score (nSPS) is 13.0. The van der Waals surface area contributed by atoms with Crippen molar-refractivity contribution in [3.8, 4) is 0 Å². The van der Waals surface area contributed by atoms with Gasteiger partial charge in [0.25, 0.3) is 5.91 Å². The first kappa shape index (κ1) is 18.7. The van der Waals surface area contributed by atoms with Crippen LogP contribution >= 0.6 is 0 Å². The summed E-state index contributed by atoms with van der Waals surface area (Å²) >= 11 is 0. The third-order valence-corrected chi connectivity index (χ3v) is 4.17. The summed E-state index contributed by atoms with van der Waals surface area (Å²) in [4.78, 5) is 24.4. The second kappa shape index (κ2) is 8.47. The summed E-state index contributed by atoms with van der Waals surface area (Å²) in [6.45, 7) is 7.44. The quantitative estimate of drug-likeness (QED) is 0.795. The van der Waals surface area contributed by atoms with E-state index < -0.39 is 6.10 Å². The van der Waals surface area contributed by atoms with Crippen molar-refractivity contribution < 1.29 is 14.3 Å². The third-order valence-electron chi connectivity index (χ3n) is 4.17. The molecule has 0 saturated carbocycles. The molecule has 0 radical (unpaired) electrons. The van der Waals surface area contributed by atoms with Gasteiger partial charge in [-0.05, 0) is 49.4 Å². The van der Waals surface area contributed by atoms with E-state index in [0.29, 0.717) is 0 Å². The van der Waals surface area contributed by atoms with Gasteiger partial charge in [-0.25, -0.2) is 0 Å². The van der Waals surface area contributed by atoms with Gasteiger partial charge in [0.05, 0.1) is 6.42 Å². The molecule has 0 spiro atoms. The Morgan fingerprint density at radius 1 is 1.04 bits per heavy atom. The number of aryl methyl sites for hydroxylation is 2. The Kier molecular flexibility index (Phi) is 6.34. The third kappa shape index (κ3) is 5.45. The maximum Gasteiger partial charge on any atom is 0.307 e. The van der Waals surface area contributed by atoms with Gasteiger partial charge in [0.15, 0.2) is 6.10 Å². The number of rotatable bonds is 6. The topological polar surface area (TPSA) is 55.4 Å². The van der Waals surface area contributed by atoms with Gasteiger partial charge in [0.1, 0.15) is 0 Å². The number of carbonyl (C=O) groups excluding carboxylic acids is 2. The van der Waals surface area contributed by atoms with E-state index in [-0.39, 0.29) is 24.2 Å².